The summed E-state index contributed by atoms with van der Waals surface area (Å²) >= 11 is 1.13. The number of sulfone groups is 1. The highest BCUT2D eigenvalue weighted by molar-refractivity contribution is 7.94. The molecule has 0 fully saturated rings. The fraction of sp³-hybridized carbons (Fsp3) is 0.214. The van der Waals surface area contributed by atoms with E-state index in [2.05, 4.69) is 0 Å². The Hall–Kier alpha value is -1.46. The van der Waals surface area contributed by atoms with Gasteiger partial charge < -0.3 is 0 Å². The second kappa shape index (κ2) is 5.27. The highest BCUT2D eigenvalue weighted by atomic mass is 32.2. The first-order valence-corrected chi connectivity index (χ1v) is 8.30. The molecule has 3 nitrogen and oxygen atoms in total. The molecule has 19 heavy (non-hydrogen) atoms. The van der Waals surface area contributed by atoms with Crippen LogP contribution in [0.4, 0.5) is 0 Å². The van der Waals surface area contributed by atoms with Gasteiger partial charge in [0.25, 0.3) is 0 Å². The molecule has 1 aromatic carbocycles. The molecule has 0 aliphatic rings. The highest BCUT2D eigenvalue weighted by Crippen LogP contribution is 2.20. The number of rotatable bonds is 4. The van der Waals surface area contributed by atoms with E-state index in [1.54, 1.807) is 17.5 Å². The van der Waals surface area contributed by atoms with Crippen molar-refractivity contribution in [2.75, 3.05) is 5.75 Å². The minimum absolute atomic E-state index is 0.242. The van der Waals surface area contributed by atoms with Gasteiger partial charge in [0.15, 0.2) is 15.6 Å². The maximum atomic E-state index is 12.2. The van der Waals surface area contributed by atoms with Crippen LogP contribution in [0.1, 0.15) is 21.5 Å². The Morgan fingerprint density at radius 2 is 1.95 bits per heavy atom. The summed E-state index contributed by atoms with van der Waals surface area (Å²) in [5, 5.41) is 1.69. The lowest BCUT2D eigenvalue weighted by molar-refractivity contribution is 0.102. The van der Waals surface area contributed by atoms with Gasteiger partial charge in [-0.1, -0.05) is 23.8 Å². The van der Waals surface area contributed by atoms with Crippen molar-refractivity contribution in [3.63, 3.8) is 0 Å². The summed E-state index contributed by atoms with van der Waals surface area (Å²) in [6, 6.07) is 8.66. The van der Waals surface area contributed by atoms with Crippen molar-refractivity contribution in [1.82, 2.24) is 0 Å². The van der Waals surface area contributed by atoms with Crippen LogP contribution in [0, 0.1) is 13.8 Å². The number of Topliss-reactive ketones (excluding diaryl/α,β-unsaturated/α-hetero) is 1. The van der Waals surface area contributed by atoms with Crippen molar-refractivity contribution in [2.45, 2.75) is 18.1 Å². The Labute approximate surface area is 116 Å². The highest BCUT2D eigenvalue weighted by Gasteiger charge is 2.22. The molecule has 1 heterocycles. The lowest BCUT2D eigenvalue weighted by Gasteiger charge is -2.06. The Kier molecular flexibility index (Phi) is 3.87. The fourth-order valence-electron chi connectivity index (χ4n) is 1.80. The van der Waals surface area contributed by atoms with E-state index in [0.717, 1.165) is 22.5 Å². The van der Waals surface area contributed by atoms with Crippen LogP contribution in [-0.2, 0) is 9.84 Å². The van der Waals surface area contributed by atoms with Crippen molar-refractivity contribution in [1.29, 1.82) is 0 Å². The summed E-state index contributed by atoms with van der Waals surface area (Å²) in [4.78, 5) is 12.2. The second-order valence-electron chi connectivity index (χ2n) is 4.43. The van der Waals surface area contributed by atoms with E-state index < -0.39 is 15.6 Å². The molecule has 1 aromatic heterocycles. The number of aryl methyl sites for hydroxylation is 2. The number of carbonyl (C=O) groups is 1. The van der Waals surface area contributed by atoms with Crippen molar-refractivity contribution in [3.8, 4) is 0 Å². The van der Waals surface area contributed by atoms with E-state index in [1.165, 1.54) is 6.07 Å². The second-order valence-corrected chi connectivity index (χ2v) is 7.60. The predicted molar refractivity (Wildman–Crippen MR) is 76.6 cm³/mol. The lowest BCUT2D eigenvalue weighted by Crippen LogP contribution is -2.16. The Morgan fingerprint density at radius 3 is 2.58 bits per heavy atom. The first kappa shape index (κ1) is 14.0. The molecular formula is C14H14O3S2. The summed E-state index contributed by atoms with van der Waals surface area (Å²) in [6.07, 6.45) is 0. The number of hydrogen-bond donors (Lipinski definition) is 0. The Balaban J connectivity index is 2.29. The van der Waals surface area contributed by atoms with Gasteiger partial charge in [-0.2, -0.15) is 0 Å². The van der Waals surface area contributed by atoms with Gasteiger partial charge in [-0.25, -0.2) is 8.42 Å². The molecule has 0 saturated carbocycles. The van der Waals surface area contributed by atoms with Gasteiger partial charge in [-0.3, -0.25) is 4.79 Å². The maximum Gasteiger partial charge on any atom is 0.195 e. The zero-order valence-electron chi connectivity index (χ0n) is 10.7. The summed E-state index contributed by atoms with van der Waals surface area (Å²) in [7, 11) is -3.52. The number of benzene rings is 1. The summed E-state index contributed by atoms with van der Waals surface area (Å²) in [5.74, 6) is -0.827. The van der Waals surface area contributed by atoms with Gasteiger partial charge in [0, 0.05) is 5.56 Å². The number of ketones is 1. The fourth-order valence-corrected chi connectivity index (χ4v) is 4.11. The monoisotopic (exact) mass is 294 g/mol. The van der Waals surface area contributed by atoms with Crippen molar-refractivity contribution >= 4 is 27.0 Å². The number of carbonyl (C=O) groups excluding carboxylic acids is 1. The van der Waals surface area contributed by atoms with Crippen LogP contribution in [0.3, 0.4) is 0 Å². The maximum absolute atomic E-state index is 12.2. The van der Waals surface area contributed by atoms with Crippen LogP contribution in [0.25, 0.3) is 0 Å². The average molecular weight is 294 g/mol. The number of hydrogen-bond acceptors (Lipinski definition) is 4. The summed E-state index contributed by atoms with van der Waals surface area (Å²) in [6.45, 7) is 3.69. The molecule has 0 atom stereocenters. The molecule has 0 bridgehead atoms. The van der Waals surface area contributed by atoms with Crippen LogP contribution >= 0.6 is 11.3 Å². The largest absolute Gasteiger partial charge is 0.293 e. The molecular weight excluding hydrogens is 280 g/mol. The molecule has 0 N–H and O–H groups in total. The van der Waals surface area contributed by atoms with Crippen LogP contribution in [-0.4, -0.2) is 20.0 Å². The van der Waals surface area contributed by atoms with Crippen LogP contribution < -0.4 is 0 Å². The van der Waals surface area contributed by atoms with Crippen molar-refractivity contribution < 1.29 is 13.2 Å². The van der Waals surface area contributed by atoms with E-state index >= 15 is 0 Å². The third kappa shape index (κ3) is 3.11. The van der Waals surface area contributed by atoms with Crippen molar-refractivity contribution in [2.24, 2.45) is 0 Å². The van der Waals surface area contributed by atoms with Gasteiger partial charge >= 0.3 is 0 Å². The standard InChI is InChI=1S/C14H14O3S2/c1-10-5-6-11(2)12(8-10)13(15)9-19(16,17)14-4-3-7-18-14/h3-8H,9H2,1-2H3. The molecule has 2 rings (SSSR count). The third-order valence-corrected chi connectivity index (χ3v) is 5.92. The SMILES string of the molecule is Cc1ccc(C)c(C(=O)CS(=O)(=O)c2cccs2)c1. The topological polar surface area (TPSA) is 51.2 Å². The molecule has 0 unspecified atom stereocenters. The average Bonchev–Trinajstić information content (AvgIpc) is 2.86. The first-order chi connectivity index (χ1) is 8.90. The van der Waals surface area contributed by atoms with Gasteiger partial charge in [0.05, 0.1) is 0 Å². The normalized spacial score (nSPS) is 11.5. The Bertz CT molecular complexity index is 698. The van der Waals surface area contributed by atoms with Gasteiger partial charge in [0.2, 0.25) is 0 Å². The van der Waals surface area contributed by atoms with Crippen LogP contribution in [0.5, 0.6) is 0 Å². The molecule has 0 spiro atoms. The van der Waals surface area contributed by atoms with Gasteiger partial charge in [-0.05, 0) is 36.9 Å². The molecule has 2 aromatic rings. The first-order valence-electron chi connectivity index (χ1n) is 5.77. The molecule has 5 heteroatoms. The summed E-state index contributed by atoms with van der Waals surface area (Å²) in [5.41, 5.74) is 2.24. The predicted octanol–water partition coefficient (Wildman–Crippen LogP) is 3.02. The van der Waals surface area contributed by atoms with E-state index in [4.69, 9.17) is 0 Å². The molecule has 0 amide bonds. The van der Waals surface area contributed by atoms with E-state index in [0.29, 0.717) is 5.56 Å². The quantitative estimate of drug-likeness (QED) is 0.814. The molecule has 0 radical (unpaired) electrons. The Morgan fingerprint density at radius 1 is 1.21 bits per heavy atom. The zero-order valence-corrected chi connectivity index (χ0v) is 12.3. The lowest BCUT2D eigenvalue weighted by atomic mass is 10.0. The molecule has 0 aliphatic heterocycles. The third-order valence-electron chi connectivity index (χ3n) is 2.82. The molecule has 100 valence electrons. The summed E-state index contributed by atoms with van der Waals surface area (Å²) < 4.78 is 24.4. The van der Waals surface area contributed by atoms with Crippen LogP contribution in [0.15, 0.2) is 39.9 Å². The molecule has 0 aliphatic carbocycles. The smallest absolute Gasteiger partial charge is 0.195 e. The van der Waals surface area contributed by atoms with Crippen LogP contribution in [0.2, 0.25) is 0 Å². The van der Waals surface area contributed by atoms with Crippen molar-refractivity contribution in [3.05, 3.63) is 52.4 Å². The van der Waals surface area contributed by atoms with E-state index in [9.17, 15) is 13.2 Å². The minimum Gasteiger partial charge on any atom is -0.293 e. The van der Waals surface area contributed by atoms with E-state index in [1.807, 2.05) is 26.0 Å². The van der Waals surface area contributed by atoms with Gasteiger partial charge in [0.1, 0.15) is 9.96 Å². The van der Waals surface area contributed by atoms with Gasteiger partial charge in [-0.15, -0.1) is 11.3 Å². The molecule has 0 saturated heterocycles. The minimum atomic E-state index is -3.52. The zero-order chi connectivity index (χ0) is 14.0. The van der Waals surface area contributed by atoms with E-state index in [-0.39, 0.29) is 9.99 Å². The number of thiophene rings is 1.